The highest BCUT2D eigenvalue weighted by atomic mass is 16.5. The molecule has 1 aliphatic rings. The highest BCUT2D eigenvalue weighted by Gasteiger charge is 2.25. The van der Waals surface area contributed by atoms with Crippen molar-refractivity contribution in [1.82, 2.24) is 19.9 Å². The molecule has 3 aromatic heterocycles. The first-order valence-corrected chi connectivity index (χ1v) is 8.81. The molecule has 1 aliphatic heterocycles. The molecule has 5 rings (SSSR count). The number of rotatable bonds is 3. The van der Waals surface area contributed by atoms with Gasteiger partial charge in [0.15, 0.2) is 5.82 Å². The third-order valence-electron chi connectivity index (χ3n) is 4.79. The van der Waals surface area contributed by atoms with Crippen molar-refractivity contribution in [1.29, 1.82) is 0 Å². The maximum atomic E-state index is 5.39. The number of anilines is 2. The van der Waals surface area contributed by atoms with Crippen LogP contribution in [-0.2, 0) is 6.42 Å². The van der Waals surface area contributed by atoms with Crippen LogP contribution in [-0.4, -0.2) is 33.6 Å². The first kappa shape index (κ1) is 15.7. The molecule has 0 bridgehead atoms. The predicted octanol–water partition coefficient (Wildman–Crippen LogP) is 3.79. The van der Waals surface area contributed by atoms with Crippen molar-refractivity contribution < 1.29 is 4.74 Å². The van der Waals surface area contributed by atoms with Gasteiger partial charge in [-0.25, -0.2) is 15.0 Å². The minimum atomic E-state index is 0.642. The van der Waals surface area contributed by atoms with E-state index in [1.807, 2.05) is 42.6 Å². The summed E-state index contributed by atoms with van der Waals surface area (Å²) < 4.78 is 5.39. The summed E-state index contributed by atoms with van der Waals surface area (Å²) in [6, 6.07) is 13.8. The minimum Gasteiger partial charge on any atom is -0.497 e. The van der Waals surface area contributed by atoms with Gasteiger partial charge in [-0.15, -0.1) is 0 Å². The van der Waals surface area contributed by atoms with E-state index in [0.717, 1.165) is 46.8 Å². The van der Waals surface area contributed by atoms with E-state index in [1.54, 1.807) is 19.5 Å². The number of methoxy groups -OCH3 is 1. The van der Waals surface area contributed by atoms with Gasteiger partial charge >= 0.3 is 0 Å². The molecule has 0 N–H and O–H groups in total. The largest absolute Gasteiger partial charge is 0.497 e. The first-order valence-electron chi connectivity index (χ1n) is 8.81. The number of hydrogen-bond acceptors (Lipinski definition) is 6. The van der Waals surface area contributed by atoms with Crippen molar-refractivity contribution in [2.75, 3.05) is 18.6 Å². The van der Waals surface area contributed by atoms with Gasteiger partial charge in [-0.2, -0.15) is 0 Å². The fourth-order valence-electron chi connectivity index (χ4n) is 3.46. The zero-order valence-electron chi connectivity index (χ0n) is 14.8. The summed E-state index contributed by atoms with van der Waals surface area (Å²) in [5, 5.41) is 0.974. The summed E-state index contributed by atoms with van der Waals surface area (Å²) in [5.41, 5.74) is 2.95. The molecule has 4 aromatic rings. The SMILES string of the molecule is COc1ccc2c(N3CCc4cccnc43)nc(-c3cccnc3)nc2c1. The molecule has 0 amide bonds. The molecule has 0 atom stereocenters. The van der Waals surface area contributed by atoms with Crippen LogP contribution >= 0.6 is 0 Å². The Morgan fingerprint density at radius 2 is 1.93 bits per heavy atom. The van der Waals surface area contributed by atoms with Gasteiger partial charge in [0.05, 0.1) is 12.6 Å². The van der Waals surface area contributed by atoms with E-state index in [1.165, 1.54) is 5.56 Å². The molecule has 1 aromatic carbocycles. The van der Waals surface area contributed by atoms with Gasteiger partial charge in [-0.05, 0) is 42.3 Å². The van der Waals surface area contributed by atoms with Gasteiger partial charge in [0.1, 0.15) is 17.4 Å². The Morgan fingerprint density at radius 1 is 1.00 bits per heavy atom. The lowest BCUT2D eigenvalue weighted by Gasteiger charge is -2.20. The number of nitrogens with zero attached hydrogens (tertiary/aromatic N) is 5. The van der Waals surface area contributed by atoms with Crippen LogP contribution in [0.15, 0.2) is 61.1 Å². The zero-order valence-corrected chi connectivity index (χ0v) is 14.8. The predicted molar refractivity (Wildman–Crippen MR) is 104 cm³/mol. The smallest absolute Gasteiger partial charge is 0.163 e. The second-order valence-electron chi connectivity index (χ2n) is 6.38. The third-order valence-corrected chi connectivity index (χ3v) is 4.79. The molecule has 0 saturated carbocycles. The van der Waals surface area contributed by atoms with Crippen molar-refractivity contribution in [3.63, 3.8) is 0 Å². The van der Waals surface area contributed by atoms with Crippen molar-refractivity contribution >= 4 is 22.5 Å². The van der Waals surface area contributed by atoms with Gasteiger partial charge in [-0.3, -0.25) is 4.98 Å². The molecule has 0 aliphatic carbocycles. The summed E-state index contributed by atoms with van der Waals surface area (Å²) in [4.78, 5) is 20.6. The summed E-state index contributed by atoms with van der Waals surface area (Å²) in [5.74, 6) is 3.23. The molecule has 0 spiro atoms. The van der Waals surface area contributed by atoms with E-state index in [-0.39, 0.29) is 0 Å². The Kier molecular flexibility index (Phi) is 3.67. The standard InChI is InChI=1S/C21H17N5O/c1-27-16-6-7-17-18(12-16)24-19(15-5-2-9-22-13-15)25-21(17)26-11-8-14-4-3-10-23-20(14)26/h2-7,9-10,12-13H,8,11H2,1H3. The van der Waals surface area contributed by atoms with Gasteiger partial charge < -0.3 is 9.64 Å². The molecule has 4 heterocycles. The Labute approximate surface area is 156 Å². The van der Waals surface area contributed by atoms with Crippen LogP contribution < -0.4 is 9.64 Å². The number of aromatic nitrogens is 4. The number of ether oxygens (including phenoxy) is 1. The molecular formula is C21H17N5O. The van der Waals surface area contributed by atoms with Gasteiger partial charge in [-0.1, -0.05) is 6.07 Å². The molecule has 0 unspecified atom stereocenters. The van der Waals surface area contributed by atoms with Crippen LogP contribution in [0.25, 0.3) is 22.3 Å². The molecule has 0 fully saturated rings. The van der Waals surface area contributed by atoms with E-state index in [9.17, 15) is 0 Å². The van der Waals surface area contributed by atoms with E-state index in [0.29, 0.717) is 5.82 Å². The third kappa shape index (κ3) is 2.66. The lowest BCUT2D eigenvalue weighted by atomic mass is 10.2. The van der Waals surface area contributed by atoms with Gasteiger partial charge in [0.2, 0.25) is 0 Å². The summed E-state index contributed by atoms with van der Waals surface area (Å²) in [7, 11) is 1.66. The highest BCUT2D eigenvalue weighted by molar-refractivity contribution is 5.94. The zero-order chi connectivity index (χ0) is 18.2. The van der Waals surface area contributed by atoms with Gasteiger partial charge in [0.25, 0.3) is 0 Å². The average Bonchev–Trinajstić information content (AvgIpc) is 3.17. The Bertz CT molecular complexity index is 1130. The number of benzene rings is 1. The normalized spacial score (nSPS) is 13.0. The highest BCUT2D eigenvalue weighted by Crippen LogP contribution is 2.37. The summed E-state index contributed by atoms with van der Waals surface area (Å²) in [6.07, 6.45) is 6.30. The quantitative estimate of drug-likeness (QED) is 0.557. The molecular weight excluding hydrogens is 338 g/mol. The topological polar surface area (TPSA) is 64.0 Å². The lowest BCUT2D eigenvalue weighted by molar-refractivity contribution is 0.415. The van der Waals surface area contributed by atoms with Crippen molar-refractivity contribution in [3.8, 4) is 17.1 Å². The van der Waals surface area contributed by atoms with Crippen LogP contribution in [0.2, 0.25) is 0 Å². The molecule has 0 saturated heterocycles. The molecule has 132 valence electrons. The van der Waals surface area contributed by atoms with Crippen LogP contribution in [0, 0.1) is 0 Å². The Morgan fingerprint density at radius 3 is 2.78 bits per heavy atom. The van der Waals surface area contributed by atoms with E-state index in [2.05, 4.69) is 20.9 Å². The molecule has 6 heteroatoms. The van der Waals surface area contributed by atoms with Crippen LogP contribution in [0.5, 0.6) is 5.75 Å². The summed E-state index contributed by atoms with van der Waals surface area (Å²) in [6.45, 7) is 0.844. The lowest BCUT2D eigenvalue weighted by Crippen LogP contribution is -2.17. The summed E-state index contributed by atoms with van der Waals surface area (Å²) >= 11 is 0. The first-order chi connectivity index (χ1) is 13.3. The number of fused-ring (bicyclic) bond motifs is 2. The van der Waals surface area contributed by atoms with E-state index >= 15 is 0 Å². The number of hydrogen-bond donors (Lipinski definition) is 0. The number of pyridine rings is 2. The fourth-order valence-corrected chi connectivity index (χ4v) is 3.46. The Hall–Kier alpha value is -3.54. The second-order valence-corrected chi connectivity index (χ2v) is 6.38. The van der Waals surface area contributed by atoms with Crippen LogP contribution in [0.4, 0.5) is 11.6 Å². The maximum absolute atomic E-state index is 5.39. The fraction of sp³-hybridized carbons (Fsp3) is 0.143. The van der Waals surface area contributed by atoms with E-state index < -0.39 is 0 Å². The molecule has 6 nitrogen and oxygen atoms in total. The van der Waals surface area contributed by atoms with Crippen LogP contribution in [0.1, 0.15) is 5.56 Å². The van der Waals surface area contributed by atoms with Crippen molar-refractivity contribution in [2.24, 2.45) is 0 Å². The molecule has 0 radical (unpaired) electrons. The van der Waals surface area contributed by atoms with Crippen LogP contribution in [0.3, 0.4) is 0 Å². The van der Waals surface area contributed by atoms with Gasteiger partial charge in [0, 0.05) is 42.2 Å². The van der Waals surface area contributed by atoms with Crippen molar-refractivity contribution in [3.05, 3.63) is 66.6 Å². The molecule has 27 heavy (non-hydrogen) atoms. The monoisotopic (exact) mass is 355 g/mol. The maximum Gasteiger partial charge on any atom is 0.163 e. The average molecular weight is 355 g/mol. The second kappa shape index (κ2) is 6.32. The minimum absolute atomic E-state index is 0.642. The van der Waals surface area contributed by atoms with E-state index in [4.69, 9.17) is 14.7 Å². The van der Waals surface area contributed by atoms with Crippen molar-refractivity contribution in [2.45, 2.75) is 6.42 Å². The Balaban J connectivity index is 1.75.